The molecule has 0 bridgehead atoms. The van der Waals surface area contributed by atoms with Crippen molar-refractivity contribution >= 4 is 11.8 Å². The average Bonchev–Trinajstić information content (AvgIpc) is 2.60. The second-order valence-electron chi connectivity index (χ2n) is 4.72. The summed E-state index contributed by atoms with van der Waals surface area (Å²) in [6.45, 7) is 0. The van der Waals surface area contributed by atoms with Crippen LogP contribution in [0.1, 0.15) is 15.9 Å². The van der Waals surface area contributed by atoms with Gasteiger partial charge in [0, 0.05) is 11.1 Å². The number of ether oxygens (including phenoxy) is 2. The number of hydrogen-bond acceptors (Lipinski definition) is 4. The van der Waals surface area contributed by atoms with Crippen LogP contribution in [-0.2, 0) is 11.2 Å². The van der Waals surface area contributed by atoms with E-state index in [1.54, 1.807) is 43.5 Å². The lowest BCUT2D eigenvalue weighted by Gasteiger charge is -2.10. The highest BCUT2D eigenvalue weighted by Crippen LogP contribution is 2.17. The Kier molecular flexibility index (Phi) is 5.57. The molecule has 0 atom stereocenters. The van der Waals surface area contributed by atoms with Crippen LogP contribution < -0.4 is 20.3 Å². The normalized spacial score (nSPS) is 9.83. The van der Waals surface area contributed by atoms with Gasteiger partial charge in [-0.15, -0.1) is 0 Å². The summed E-state index contributed by atoms with van der Waals surface area (Å²) in [4.78, 5) is 23.9. The van der Waals surface area contributed by atoms with Crippen molar-refractivity contribution in [2.75, 3.05) is 14.2 Å². The van der Waals surface area contributed by atoms with Gasteiger partial charge in [-0.3, -0.25) is 20.4 Å². The number of nitrogens with one attached hydrogen (secondary N) is 2. The molecule has 0 spiro atoms. The van der Waals surface area contributed by atoms with Crippen LogP contribution >= 0.6 is 0 Å². The van der Waals surface area contributed by atoms with Gasteiger partial charge in [0.2, 0.25) is 5.91 Å². The zero-order valence-corrected chi connectivity index (χ0v) is 13.0. The Hall–Kier alpha value is -3.02. The molecular weight excluding hydrogens is 296 g/mol. The summed E-state index contributed by atoms with van der Waals surface area (Å²) in [7, 11) is 3.06. The Morgan fingerprint density at radius 1 is 0.957 bits per heavy atom. The molecule has 2 aromatic rings. The van der Waals surface area contributed by atoms with E-state index < -0.39 is 5.91 Å². The third-order valence-corrected chi connectivity index (χ3v) is 3.19. The molecule has 0 aliphatic rings. The summed E-state index contributed by atoms with van der Waals surface area (Å²) >= 11 is 0. The maximum absolute atomic E-state index is 12.0. The summed E-state index contributed by atoms with van der Waals surface area (Å²) in [6, 6.07) is 13.9. The number of benzene rings is 2. The van der Waals surface area contributed by atoms with Gasteiger partial charge >= 0.3 is 0 Å². The molecule has 2 N–H and O–H groups in total. The molecule has 6 heteroatoms. The SMILES string of the molecule is COc1cccc(C(=O)NNC(=O)Cc2ccccc2OC)c1. The van der Waals surface area contributed by atoms with Crippen molar-refractivity contribution in [3.63, 3.8) is 0 Å². The Morgan fingerprint density at radius 2 is 1.74 bits per heavy atom. The first-order chi connectivity index (χ1) is 11.1. The maximum Gasteiger partial charge on any atom is 0.269 e. The van der Waals surface area contributed by atoms with Crippen molar-refractivity contribution in [2.45, 2.75) is 6.42 Å². The van der Waals surface area contributed by atoms with Gasteiger partial charge in [-0.2, -0.15) is 0 Å². The quantitative estimate of drug-likeness (QED) is 0.824. The number of para-hydroxylation sites is 1. The lowest BCUT2D eigenvalue weighted by molar-refractivity contribution is -0.121. The molecule has 2 aromatic carbocycles. The second-order valence-corrected chi connectivity index (χ2v) is 4.72. The van der Waals surface area contributed by atoms with Crippen molar-refractivity contribution in [2.24, 2.45) is 0 Å². The molecule has 6 nitrogen and oxygen atoms in total. The molecule has 0 aliphatic carbocycles. The smallest absolute Gasteiger partial charge is 0.269 e. The lowest BCUT2D eigenvalue weighted by atomic mass is 10.1. The van der Waals surface area contributed by atoms with Gasteiger partial charge in [0.25, 0.3) is 5.91 Å². The van der Waals surface area contributed by atoms with Crippen molar-refractivity contribution in [1.29, 1.82) is 0 Å². The van der Waals surface area contributed by atoms with Gasteiger partial charge in [-0.05, 0) is 24.3 Å². The van der Waals surface area contributed by atoms with Crippen LogP contribution in [0.15, 0.2) is 48.5 Å². The lowest BCUT2D eigenvalue weighted by Crippen LogP contribution is -2.42. The van der Waals surface area contributed by atoms with Gasteiger partial charge in [-0.25, -0.2) is 0 Å². The fraction of sp³-hybridized carbons (Fsp3) is 0.176. The summed E-state index contributed by atoms with van der Waals surface area (Å²) in [5.74, 6) is 0.433. The van der Waals surface area contributed by atoms with Gasteiger partial charge in [0.05, 0.1) is 20.6 Å². The van der Waals surface area contributed by atoms with E-state index in [2.05, 4.69) is 10.9 Å². The molecule has 0 saturated carbocycles. The van der Waals surface area contributed by atoms with Crippen LogP contribution in [-0.4, -0.2) is 26.0 Å². The Labute approximate surface area is 134 Å². The van der Waals surface area contributed by atoms with E-state index in [4.69, 9.17) is 9.47 Å². The first kappa shape index (κ1) is 16.4. The summed E-state index contributed by atoms with van der Waals surface area (Å²) < 4.78 is 10.2. The molecule has 0 saturated heterocycles. The third kappa shape index (κ3) is 4.47. The van der Waals surface area contributed by atoms with E-state index in [1.807, 2.05) is 12.1 Å². The largest absolute Gasteiger partial charge is 0.497 e. The first-order valence-corrected chi connectivity index (χ1v) is 6.99. The maximum atomic E-state index is 12.0. The highest BCUT2D eigenvalue weighted by atomic mass is 16.5. The number of hydrogen-bond donors (Lipinski definition) is 2. The number of carbonyl (C=O) groups excluding carboxylic acids is 2. The van der Waals surface area contributed by atoms with Crippen molar-refractivity contribution in [3.8, 4) is 11.5 Å². The number of rotatable bonds is 5. The van der Waals surface area contributed by atoms with Crippen LogP contribution in [0.4, 0.5) is 0 Å². The average molecular weight is 314 g/mol. The Morgan fingerprint density at radius 3 is 2.48 bits per heavy atom. The predicted molar refractivity (Wildman–Crippen MR) is 85.3 cm³/mol. The number of amides is 2. The van der Waals surface area contributed by atoms with E-state index in [0.717, 1.165) is 5.56 Å². The molecule has 23 heavy (non-hydrogen) atoms. The first-order valence-electron chi connectivity index (χ1n) is 6.99. The molecular formula is C17H18N2O4. The minimum atomic E-state index is -0.419. The fourth-order valence-corrected chi connectivity index (χ4v) is 2.03. The Bertz CT molecular complexity index is 700. The van der Waals surface area contributed by atoms with E-state index in [1.165, 1.54) is 7.11 Å². The summed E-state index contributed by atoms with van der Waals surface area (Å²) in [5.41, 5.74) is 5.89. The molecule has 0 aliphatic heterocycles. The van der Waals surface area contributed by atoms with E-state index >= 15 is 0 Å². The molecule has 0 heterocycles. The minimum absolute atomic E-state index is 0.0996. The highest BCUT2D eigenvalue weighted by Gasteiger charge is 2.10. The van der Waals surface area contributed by atoms with E-state index in [9.17, 15) is 9.59 Å². The van der Waals surface area contributed by atoms with Crippen LogP contribution in [0.3, 0.4) is 0 Å². The molecule has 120 valence electrons. The summed E-state index contributed by atoms with van der Waals surface area (Å²) in [6.07, 6.45) is 0.0996. The van der Waals surface area contributed by atoms with Crippen LogP contribution in [0, 0.1) is 0 Å². The molecule has 0 unspecified atom stereocenters. The van der Waals surface area contributed by atoms with Gasteiger partial charge < -0.3 is 9.47 Å². The molecule has 2 amide bonds. The second kappa shape index (κ2) is 7.84. The van der Waals surface area contributed by atoms with Crippen molar-refractivity contribution < 1.29 is 19.1 Å². The highest BCUT2D eigenvalue weighted by molar-refractivity contribution is 5.95. The standard InChI is InChI=1S/C17H18N2O4/c1-22-14-8-5-7-13(10-14)17(21)19-18-16(20)11-12-6-3-4-9-15(12)23-2/h3-10H,11H2,1-2H3,(H,18,20)(H,19,21). The minimum Gasteiger partial charge on any atom is -0.497 e. The van der Waals surface area contributed by atoms with Gasteiger partial charge in [0.15, 0.2) is 0 Å². The number of carbonyl (C=O) groups is 2. The number of hydrazine groups is 1. The van der Waals surface area contributed by atoms with E-state index in [-0.39, 0.29) is 12.3 Å². The predicted octanol–water partition coefficient (Wildman–Crippen LogP) is 1.71. The molecule has 0 radical (unpaired) electrons. The van der Waals surface area contributed by atoms with Gasteiger partial charge in [-0.1, -0.05) is 24.3 Å². The molecule has 0 aromatic heterocycles. The third-order valence-electron chi connectivity index (χ3n) is 3.19. The topological polar surface area (TPSA) is 76.7 Å². The van der Waals surface area contributed by atoms with Gasteiger partial charge in [0.1, 0.15) is 11.5 Å². The van der Waals surface area contributed by atoms with Crippen molar-refractivity contribution in [3.05, 3.63) is 59.7 Å². The van der Waals surface area contributed by atoms with E-state index in [0.29, 0.717) is 17.1 Å². The fourth-order valence-electron chi connectivity index (χ4n) is 2.03. The monoisotopic (exact) mass is 314 g/mol. The van der Waals surface area contributed by atoms with Crippen LogP contribution in [0.25, 0.3) is 0 Å². The van der Waals surface area contributed by atoms with Crippen LogP contribution in [0.5, 0.6) is 11.5 Å². The molecule has 2 rings (SSSR count). The number of methoxy groups -OCH3 is 2. The Balaban J connectivity index is 1.92. The summed E-state index contributed by atoms with van der Waals surface area (Å²) in [5, 5.41) is 0. The zero-order chi connectivity index (χ0) is 16.7. The molecule has 0 fully saturated rings. The zero-order valence-electron chi connectivity index (χ0n) is 13.0. The van der Waals surface area contributed by atoms with Crippen molar-refractivity contribution in [1.82, 2.24) is 10.9 Å². The van der Waals surface area contributed by atoms with Crippen LogP contribution in [0.2, 0.25) is 0 Å².